The molecule has 2 aromatic carbocycles. The molecule has 4 aromatic rings. The number of fused-ring (bicyclic) bond motifs is 2. The van der Waals surface area contributed by atoms with Crippen LogP contribution in [0.5, 0.6) is 0 Å². The molecule has 1 aliphatic heterocycles. The second-order valence-corrected chi connectivity index (χ2v) is 8.76. The number of amides is 1. The van der Waals surface area contributed by atoms with Gasteiger partial charge in [-0.05, 0) is 55.7 Å². The van der Waals surface area contributed by atoms with Gasteiger partial charge in [-0.3, -0.25) is 4.79 Å². The lowest BCUT2D eigenvalue weighted by Gasteiger charge is -2.31. The first-order chi connectivity index (χ1) is 16.0. The maximum atomic E-state index is 12.4. The summed E-state index contributed by atoms with van der Waals surface area (Å²) in [6, 6.07) is 13.7. The zero-order valence-electron chi connectivity index (χ0n) is 18.7. The Kier molecular flexibility index (Phi) is 5.47. The second-order valence-electron chi connectivity index (χ2n) is 8.76. The monoisotopic (exact) mass is 445 g/mol. The molecule has 1 unspecified atom stereocenters. The zero-order chi connectivity index (χ0) is 23.1. The number of nitrogens with zero attached hydrogens (tertiary/aromatic N) is 4. The van der Waals surface area contributed by atoms with Crippen LogP contribution in [0.1, 0.15) is 31.0 Å². The zero-order valence-corrected chi connectivity index (χ0v) is 18.7. The van der Waals surface area contributed by atoms with Crippen molar-refractivity contribution in [2.75, 3.05) is 13.2 Å². The third kappa shape index (κ3) is 3.81. The second kappa shape index (κ2) is 8.46. The molecule has 33 heavy (non-hydrogen) atoms. The molecule has 8 nitrogen and oxygen atoms in total. The summed E-state index contributed by atoms with van der Waals surface area (Å²) < 4.78 is 7.86. The molecular weight excluding hydrogens is 418 g/mol. The number of aliphatic hydroxyl groups is 1. The van der Waals surface area contributed by atoms with Crippen LogP contribution < -0.4 is 5.73 Å². The molecule has 0 bridgehead atoms. The van der Waals surface area contributed by atoms with E-state index < -0.39 is 6.04 Å². The van der Waals surface area contributed by atoms with E-state index in [1.165, 1.54) is 5.52 Å². The molecule has 0 aliphatic carbocycles. The van der Waals surface area contributed by atoms with Crippen LogP contribution in [0.15, 0.2) is 53.2 Å². The average molecular weight is 446 g/mol. The van der Waals surface area contributed by atoms with E-state index in [0.717, 1.165) is 27.6 Å². The van der Waals surface area contributed by atoms with Crippen molar-refractivity contribution in [1.29, 1.82) is 0 Å². The van der Waals surface area contributed by atoms with Gasteiger partial charge in [-0.1, -0.05) is 23.4 Å². The molecule has 0 fully saturated rings. The first kappa shape index (κ1) is 21.4. The summed E-state index contributed by atoms with van der Waals surface area (Å²) in [6.45, 7) is 4.94. The molecular formula is C25H27N5O3. The lowest BCUT2D eigenvalue weighted by atomic mass is 9.94. The van der Waals surface area contributed by atoms with Crippen molar-refractivity contribution in [2.24, 2.45) is 5.73 Å². The standard InChI is InChI=1S/C25H27N5O3/c1-15(2)30-11-8-16-12-17(6-7-22(16)30)24-27-23(28-33-24)20-5-3-4-18-13-29(10-9-19(18)20)25(32)21(26)14-31/h3-8,11-12,15,21,31H,9-10,13-14,26H2,1-2H3. The number of carbonyl (C=O) groups excluding carboxylic acids is 1. The third-order valence-electron chi connectivity index (χ3n) is 6.28. The van der Waals surface area contributed by atoms with E-state index >= 15 is 0 Å². The summed E-state index contributed by atoms with van der Waals surface area (Å²) in [7, 11) is 0. The molecule has 0 spiro atoms. The fourth-order valence-electron chi connectivity index (χ4n) is 4.52. The number of nitrogens with two attached hydrogens (primary N) is 1. The molecule has 3 N–H and O–H groups in total. The Morgan fingerprint density at radius 3 is 2.88 bits per heavy atom. The minimum atomic E-state index is -0.885. The van der Waals surface area contributed by atoms with Crippen molar-refractivity contribution in [3.63, 3.8) is 0 Å². The molecule has 0 radical (unpaired) electrons. The fourth-order valence-corrected chi connectivity index (χ4v) is 4.52. The molecule has 1 atom stereocenters. The van der Waals surface area contributed by atoms with E-state index in [-0.39, 0.29) is 12.5 Å². The average Bonchev–Trinajstić information content (AvgIpc) is 3.49. The Hall–Kier alpha value is -3.49. The van der Waals surface area contributed by atoms with Crippen molar-refractivity contribution in [1.82, 2.24) is 19.6 Å². The van der Waals surface area contributed by atoms with Gasteiger partial charge >= 0.3 is 0 Å². The topological polar surface area (TPSA) is 110 Å². The Labute approximate surface area is 191 Å². The number of carbonyl (C=O) groups is 1. The minimum absolute atomic E-state index is 0.239. The van der Waals surface area contributed by atoms with Crippen LogP contribution in [-0.2, 0) is 17.8 Å². The smallest absolute Gasteiger partial charge is 0.258 e. The SMILES string of the molecule is CC(C)n1ccc2cc(-c3nc(-c4cccc5c4CCN(C(=O)C(N)CO)C5)no3)ccc21. The van der Waals surface area contributed by atoms with Crippen molar-refractivity contribution in [3.8, 4) is 22.8 Å². The highest BCUT2D eigenvalue weighted by Gasteiger charge is 2.27. The van der Waals surface area contributed by atoms with Crippen LogP contribution in [0, 0.1) is 0 Å². The Balaban J connectivity index is 1.43. The van der Waals surface area contributed by atoms with Crippen LogP contribution in [0.3, 0.4) is 0 Å². The van der Waals surface area contributed by atoms with Crippen molar-refractivity contribution >= 4 is 16.8 Å². The van der Waals surface area contributed by atoms with Gasteiger partial charge in [0, 0.05) is 47.4 Å². The van der Waals surface area contributed by atoms with Gasteiger partial charge in [0.15, 0.2) is 0 Å². The largest absolute Gasteiger partial charge is 0.394 e. The summed E-state index contributed by atoms with van der Waals surface area (Å²) >= 11 is 0. The fraction of sp³-hybridized carbons (Fsp3) is 0.320. The summed E-state index contributed by atoms with van der Waals surface area (Å²) in [5.41, 5.74) is 10.8. The van der Waals surface area contributed by atoms with E-state index in [0.29, 0.717) is 37.3 Å². The number of aromatic nitrogens is 3. The van der Waals surface area contributed by atoms with Gasteiger partial charge in [-0.15, -0.1) is 0 Å². The molecule has 0 saturated heterocycles. The molecule has 3 heterocycles. The van der Waals surface area contributed by atoms with Crippen LogP contribution >= 0.6 is 0 Å². The summed E-state index contributed by atoms with van der Waals surface area (Å²) in [5.74, 6) is 0.772. The number of benzene rings is 2. The number of hydrogen-bond acceptors (Lipinski definition) is 6. The molecule has 0 saturated carbocycles. The van der Waals surface area contributed by atoms with E-state index in [1.54, 1.807) is 4.90 Å². The molecule has 1 aliphatic rings. The number of aliphatic hydroxyl groups excluding tert-OH is 1. The Morgan fingerprint density at radius 2 is 2.09 bits per heavy atom. The highest BCUT2D eigenvalue weighted by Crippen LogP contribution is 2.31. The lowest BCUT2D eigenvalue weighted by molar-refractivity contribution is -0.134. The molecule has 1 amide bonds. The first-order valence-corrected chi connectivity index (χ1v) is 11.2. The molecule has 170 valence electrons. The lowest BCUT2D eigenvalue weighted by Crippen LogP contribution is -2.47. The van der Waals surface area contributed by atoms with E-state index in [2.05, 4.69) is 53.0 Å². The van der Waals surface area contributed by atoms with Crippen LogP contribution in [0.2, 0.25) is 0 Å². The van der Waals surface area contributed by atoms with E-state index in [4.69, 9.17) is 10.3 Å². The highest BCUT2D eigenvalue weighted by atomic mass is 16.5. The Bertz CT molecular complexity index is 1320. The molecule has 2 aromatic heterocycles. The van der Waals surface area contributed by atoms with Gasteiger partial charge in [-0.25, -0.2) is 0 Å². The first-order valence-electron chi connectivity index (χ1n) is 11.2. The summed E-state index contributed by atoms with van der Waals surface area (Å²) in [6.07, 6.45) is 2.75. The van der Waals surface area contributed by atoms with Gasteiger partial charge in [0.25, 0.3) is 5.89 Å². The third-order valence-corrected chi connectivity index (χ3v) is 6.28. The number of hydrogen-bond donors (Lipinski definition) is 2. The van der Waals surface area contributed by atoms with Crippen LogP contribution in [0.4, 0.5) is 0 Å². The van der Waals surface area contributed by atoms with E-state index in [1.807, 2.05) is 24.3 Å². The predicted molar refractivity (Wildman–Crippen MR) is 125 cm³/mol. The predicted octanol–water partition coefficient (Wildman–Crippen LogP) is 3.14. The van der Waals surface area contributed by atoms with Gasteiger partial charge in [-0.2, -0.15) is 4.98 Å². The number of rotatable bonds is 5. The normalized spacial score (nSPS) is 14.6. The summed E-state index contributed by atoms with van der Waals surface area (Å²) in [5, 5.41) is 14.6. The van der Waals surface area contributed by atoms with Gasteiger partial charge in [0.05, 0.1) is 6.61 Å². The van der Waals surface area contributed by atoms with Crippen molar-refractivity contribution < 1.29 is 14.4 Å². The Morgan fingerprint density at radius 1 is 1.24 bits per heavy atom. The van der Waals surface area contributed by atoms with Gasteiger partial charge in [0.1, 0.15) is 6.04 Å². The van der Waals surface area contributed by atoms with Crippen LogP contribution in [0.25, 0.3) is 33.7 Å². The summed E-state index contributed by atoms with van der Waals surface area (Å²) in [4.78, 5) is 18.8. The molecule has 8 heteroatoms. The van der Waals surface area contributed by atoms with Gasteiger partial charge in [0.2, 0.25) is 11.7 Å². The van der Waals surface area contributed by atoms with Crippen LogP contribution in [-0.4, -0.2) is 49.8 Å². The maximum Gasteiger partial charge on any atom is 0.258 e. The highest BCUT2D eigenvalue weighted by molar-refractivity contribution is 5.85. The van der Waals surface area contributed by atoms with Crippen molar-refractivity contribution in [3.05, 3.63) is 59.8 Å². The maximum absolute atomic E-state index is 12.4. The van der Waals surface area contributed by atoms with Gasteiger partial charge < -0.3 is 24.8 Å². The van der Waals surface area contributed by atoms with Crippen molar-refractivity contribution in [2.45, 2.75) is 38.9 Å². The molecule has 5 rings (SSSR count). The quantitative estimate of drug-likeness (QED) is 0.488. The van der Waals surface area contributed by atoms with E-state index in [9.17, 15) is 9.90 Å². The minimum Gasteiger partial charge on any atom is -0.394 e.